The lowest BCUT2D eigenvalue weighted by Gasteiger charge is -2.28. The molecule has 8 nitrogen and oxygen atoms in total. The van der Waals surface area contributed by atoms with Gasteiger partial charge in [-0.3, -0.25) is 4.79 Å². The van der Waals surface area contributed by atoms with Crippen molar-refractivity contribution in [2.45, 2.75) is 13.3 Å². The number of amides is 1. The molecule has 1 N–H and O–H groups in total. The molecule has 0 unspecified atom stereocenters. The highest BCUT2D eigenvalue weighted by molar-refractivity contribution is 6.05. The van der Waals surface area contributed by atoms with Gasteiger partial charge in [-0.2, -0.15) is 4.98 Å². The number of nitrogens with zero attached hydrogens (tertiary/aromatic N) is 2. The van der Waals surface area contributed by atoms with Crippen molar-refractivity contribution in [2.75, 3.05) is 57.3 Å². The van der Waals surface area contributed by atoms with E-state index in [1.807, 2.05) is 49.4 Å². The van der Waals surface area contributed by atoms with Crippen LogP contribution in [0.1, 0.15) is 21.5 Å². The van der Waals surface area contributed by atoms with Crippen LogP contribution in [0.25, 0.3) is 0 Å². The van der Waals surface area contributed by atoms with Crippen LogP contribution in [0.3, 0.4) is 0 Å². The Balaban J connectivity index is 1.53. The van der Waals surface area contributed by atoms with E-state index in [0.717, 1.165) is 16.8 Å². The Bertz CT molecular complexity index is 1160. The maximum absolute atomic E-state index is 13.1. The number of methoxy groups -OCH3 is 2. The Morgan fingerprint density at radius 1 is 1.06 bits per heavy atom. The smallest absolute Gasteiger partial charge is 0.255 e. The molecule has 1 saturated heterocycles. The first-order valence-corrected chi connectivity index (χ1v) is 11.6. The summed E-state index contributed by atoms with van der Waals surface area (Å²) in [5.74, 6) is 2.23. The summed E-state index contributed by atoms with van der Waals surface area (Å²) in [6.45, 7) is 5.00. The molecule has 0 spiro atoms. The Labute approximate surface area is 205 Å². The SMILES string of the molecule is COc1cccc(CCOc2cc(C(=O)Nc3cccc(C)c3)cc(N3CCOCC3)n2)c1OC. The third-order valence-electron chi connectivity index (χ3n) is 5.77. The number of aryl methyl sites for hydroxylation is 1. The first kappa shape index (κ1) is 24.3. The number of hydrogen-bond acceptors (Lipinski definition) is 7. The normalized spacial score (nSPS) is 13.3. The fourth-order valence-corrected chi connectivity index (χ4v) is 3.99. The van der Waals surface area contributed by atoms with Gasteiger partial charge >= 0.3 is 0 Å². The van der Waals surface area contributed by atoms with E-state index < -0.39 is 0 Å². The van der Waals surface area contributed by atoms with Gasteiger partial charge in [0.1, 0.15) is 5.82 Å². The van der Waals surface area contributed by atoms with Gasteiger partial charge in [0, 0.05) is 42.4 Å². The molecular formula is C27H31N3O5. The van der Waals surface area contributed by atoms with E-state index >= 15 is 0 Å². The largest absolute Gasteiger partial charge is 0.493 e. The fraction of sp³-hybridized carbons (Fsp3) is 0.333. The van der Waals surface area contributed by atoms with Crippen LogP contribution in [0.15, 0.2) is 54.6 Å². The van der Waals surface area contributed by atoms with Crippen LogP contribution in [-0.4, -0.2) is 58.0 Å². The summed E-state index contributed by atoms with van der Waals surface area (Å²) in [6, 6.07) is 16.9. The van der Waals surface area contributed by atoms with Crippen molar-refractivity contribution in [3.05, 3.63) is 71.3 Å². The number of rotatable bonds is 9. The van der Waals surface area contributed by atoms with E-state index in [-0.39, 0.29) is 5.91 Å². The number of morpholine rings is 1. The third kappa shape index (κ3) is 6.22. The van der Waals surface area contributed by atoms with Crippen molar-refractivity contribution >= 4 is 17.4 Å². The Hall–Kier alpha value is -3.78. The molecule has 4 rings (SSSR count). The first-order chi connectivity index (χ1) is 17.1. The van der Waals surface area contributed by atoms with Crippen molar-refractivity contribution in [2.24, 2.45) is 0 Å². The lowest BCUT2D eigenvalue weighted by molar-refractivity contribution is 0.102. The van der Waals surface area contributed by atoms with Crippen LogP contribution in [0, 0.1) is 6.92 Å². The van der Waals surface area contributed by atoms with Gasteiger partial charge in [0.05, 0.1) is 34.0 Å². The molecule has 1 aliphatic heterocycles. The number of carbonyl (C=O) groups excluding carboxylic acids is 1. The number of hydrogen-bond donors (Lipinski definition) is 1. The van der Waals surface area contributed by atoms with Gasteiger partial charge in [-0.05, 0) is 36.8 Å². The van der Waals surface area contributed by atoms with E-state index in [1.54, 1.807) is 26.4 Å². The summed E-state index contributed by atoms with van der Waals surface area (Å²) in [6.07, 6.45) is 0.592. The molecule has 1 aromatic heterocycles. The van der Waals surface area contributed by atoms with Crippen molar-refractivity contribution < 1.29 is 23.7 Å². The van der Waals surface area contributed by atoms with E-state index in [2.05, 4.69) is 15.2 Å². The quantitative estimate of drug-likeness (QED) is 0.497. The molecular weight excluding hydrogens is 446 g/mol. The minimum atomic E-state index is -0.216. The molecule has 1 fully saturated rings. The zero-order chi connectivity index (χ0) is 24.6. The highest BCUT2D eigenvalue weighted by Crippen LogP contribution is 2.31. The average Bonchev–Trinajstić information content (AvgIpc) is 2.88. The summed E-state index contributed by atoms with van der Waals surface area (Å²) in [4.78, 5) is 19.9. The van der Waals surface area contributed by atoms with Crippen LogP contribution in [0.4, 0.5) is 11.5 Å². The number of anilines is 2. The molecule has 8 heteroatoms. The van der Waals surface area contributed by atoms with Crippen molar-refractivity contribution in [3.63, 3.8) is 0 Å². The maximum Gasteiger partial charge on any atom is 0.255 e. The van der Waals surface area contributed by atoms with Gasteiger partial charge in [0.25, 0.3) is 5.91 Å². The first-order valence-electron chi connectivity index (χ1n) is 11.6. The second-order valence-electron chi connectivity index (χ2n) is 8.23. The minimum absolute atomic E-state index is 0.216. The zero-order valence-corrected chi connectivity index (χ0v) is 20.4. The third-order valence-corrected chi connectivity index (χ3v) is 5.77. The minimum Gasteiger partial charge on any atom is -0.493 e. The summed E-state index contributed by atoms with van der Waals surface area (Å²) in [5.41, 5.74) is 3.27. The zero-order valence-electron chi connectivity index (χ0n) is 20.4. The molecule has 2 aromatic carbocycles. The molecule has 0 bridgehead atoms. The molecule has 1 amide bonds. The molecule has 1 aliphatic rings. The number of pyridine rings is 1. The Morgan fingerprint density at radius 2 is 1.86 bits per heavy atom. The Morgan fingerprint density at radius 3 is 2.60 bits per heavy atom. The summed E-state index contributed by atoms with van der Waals surface area (Å²) >= 11 is 0. The van der Waals surface area contributed by atoms with Gasteiger partial charge in [0.15, 0.2) is 11.5 Å². The second-order valence-corrected chi connectivity index (χ2v) is 8.23. The lowest BCUT2D eigenvalue weighted by Crippen LogP contribution is -2.37. The number of aromatic nitrogens is 1. The Kier molecular flexibility index (Phi) is 8.05. The van der Waals surface area contributed by atoms with Crippen molar-refractivity contribution in [3.8, 4) is 17.4 Å². The number of para-hydroxylation sites is 1. The lowest BCUT2D eigenvalue weighted by atomic mass is 10.1. The van der Waals surface area contributed by atoms with Gasteiger partial charge < -0.3 is 29.2 Å². The summed E-state index contributed by atoms with van der Waals surface area (Å²) in [5, 5.41) is 2.97. The molecule has 184 valence electrons. The summed E-state index contributed by atoms with van der Waals surface area (Å²) in [7, 11) is 3.23. The molecule has 2 heterocycles. The predicted molar refractivity (Wildman–Crippen MR) is 135 cm³/mol. The topological polar surface area (TPSA) is 82.2 Å². The molecule has 3 aromatic rings. The number of ether oxygens (including phenoxy) is 4. The average molecular weight is 478 g/mol. The standard InChI is InChI=1S/C27H31N3O5/c1-19-6-4-8-22(16-19)28-27(31)21-17-24(30-11-14-34-15-12-30)29-25(18-21)35-13-10-20-7-5-9-23(32-2)26(20)33-3/h4-9,16-18H,10-15H2,1-3H3,(H,28,31). The van der Waals surface area contributed by atoms with Gasteiger partial charge in [-0.15, -0.1) is 0 Å². The monoisotopic (exact) mass is 477 g/mol. The molecule has 0 aliphatic carbocycles. The van der Waals surface area contributed by atoms with Crippen LogP contribution in [0.2, 0.25) is 0 Å². The van der Waals surface area contributed by atoms with Crippen LogP contribution in [-0.2, 0) is 11.2 Å². The van der Waals surface area contributed by atoms with Gasteiger partial charge in [-0.25, -0.2) is 0 Å². The van der Waals surface area contributed by atoms with Crippen LogP contribution in [0.5, 0.6) is 17.4 Å². The fourth-order valence-electron chi connectivity index (χ4n) is 3.99. The highest BCUT2D eigenvalue weighted by Gasteiger charge is 2.18. The van der Waals surface area contributed by atoms with E-state index in [0.29, 0.717) is 68.1 Å². The molecule has 35 heavy (non-hydrogen) atoms. The van der Waals surface area contributed by atoms with E-state index in [4.69, 9.17) is 18.9 Å². The maximum atomic E-state index is 13.1. The molecule has 0 saturated carbocycles. The van der Waals surface area contributed by atoms with E-state index in [9.17, 15) is 4.79 Å². The molecule has 0 radical (unpaired) electrons. The van der Waals surface area contributed by atoms with Crippen LogP contribution >= 0.6 is 0 Å². The summed E-state index contributed by atoms with van der Waals surface area (Å²) < 4.78 is 22.4. The second kappa shape index (κ2) is 11.6. The van der Waals surface area contributed by atoms with E-state index in [1.165, 1.54) is 0 Å². The van der Waals surface area contributed by atoms with Crippen molar-refractivity contribution in [1.29, 1.82) is 0 Å². The molecule has 0 atom stereocenters. The highest BCUT2D eigenvalue weighted by atomic mass is 16.5. The predicted octanol–water partition coefficient (Wildman–Crippen LogP) is 4.12. The number of nitrogens with one attached hydrogen (secondary N) is 1. The van der Waals surface area contributed by atoms with Crippen LogP contribution < -0.4 is 24.4 Å². The number of benzene rings is 2. The van der Waals surface area contributed by atoms with Crippen molar-refractivity contribution in [1.82, 2.24) is 4.98 Å². The van der Waals surface area contributed by atoms with Gasteiger partial charge in [0.2, 0.25) is 5.88 Å². The number of carbonyl (C=O) groups is 1. The van der Waals surface area contributed by atoms with Gasteiger partial charge in [-0.1, -0.05) is 24.3 Å².